The van der Waals surface area contributed by atoms with Gasteiger partial charge in [-0.05, 0) is 12.8 Å². The molecule has 2 saturated heterocycles. The molecule has 1 atom stereocenters. The van der Waals surface area contributed by atoms with Crippen LogP contribution in [0.4, 0.5) is 0 Å². The van der Waals surface area contributed by atoms with E-state index in [4.69, 9.17) is 27.4 Å². The fraction of sp³-hybridized carbons (Fsp3) is 0.833. The van der Waals surface area contributed by atoms with Gasteiger partial charge in [0, 0.05) is 25.7 Å². The monoisotopic (exact) mass is 287 g/mol. The lowest BCUT2D eigenvalue weighted by Gasteiger charge is -2.33. The summed E-state index contributed by atoms with van der Waals surface area (Å²) in [7, 11) is 0. The first-order chi connectivity index (χ1) is 9.15. The molecule has 2 aliphatic rings. The third-order valence-electron chi connectivity index (χ3n) is 3.42. The summed E-state index contributed by atoms with van der Waals surface area (Å²) in [6.07, 6.45) is 1.38. The molecule has 1 unspecified atom stereocenters. The number of carbonyl (C=O) groups excluding carboxylic acids is 1. The number of piperidine rings is 1. The number of likely N-dealkylation sites (tertiary alicyclic amines) is 1. The van der Waals surface area contributed by atoms with Crippen molar-refractivity contribution in [2.75, 3.05) is 39.5 Å². The maximum Gasteiger partial charge on any atom is 0.251 e. The van der Waals surface area contributed by atoms with Gasteiger partial charge >= 0.3 is 0 Å². The SMILES string of the molecule is NC(=S)CN1CCC(NC(=O)C2COCCO2)CC1. The van der Waals surface area contributed by atoms with Gasteiger partial charge in [-0.2, -0.15) is 0 Å². The summed E-state index contributed by atoms with van der Waals surface area (Å²) < 4.78 is 10.6. The fourth-order valence-electron chi connectivity index (χ4n) is 2.39. The van der Waals surface area contributed by atoms with Crippen LogP contribution in [-0.4, -0.2) is 67.4 Å². The van der Waals surface area contributed by atoms with Crippen LogP contribution in [0.2, 0.25) is 0 Å². The first-order valence-electron chi connectivity index (χ1n) is 6.65. The van der Waals surface area contributed by atoms with Gasteiger partial charge in [0.15, 0.2) is 6.10 Å². The van der Waals surface area contributed by atoms with Gasteiger partial charge in [0.1, 0.15) is 0 Å². The fourth-order valence-corrected chi connectivity index (χ4v) is 2.57. The summed E-state index contributed by atoms with van der Waals surface area (Å²) in [6.45, 7) is 3.89. The van der Waals surface area contributed by atoms with Crippen molar-refractivity contribution in [1.82, 2.24) is 10.2 Å². The Kier molecular flexibility index (Phi) is 5.50. The average molecular weight is 287 g/mol. The maximum absolute atomic E-state index is 12.0. The van der Waals surface area contributed by atoms with E-state index in [0.717, 1.165) is 25.9 Å². The predicted molar refractivity (Wildman–Crippen MR) is 74.9 cm³/mol. The molecule has 2 heterocycles. The Morgan fingerprint density at radius 1 is 1.37 bits per heavy atom. The summed E-state index contributed by atoms with van der Waals surface area (Å²) in [6, 6.07) is 0.209. The minimum Gasteiger partial charge on any atom is -0.392 e. The van der Waals surface area contributed by atoms with Crippen LogP contribution in [0.1, 0.15) is 12.8 Å². The van der Waals surface area contributed by atoms with E-state index in [1.807, 2.05) is 0 Å². The summed E-state index contributed by atoms with van der Waals surface area (Å²) >= 11 is 4.90. The highest BCUT2D eigenvalue weighted by atomic mass is 32.1. The minimum absolute atomic E-state index is 0.0625. The van der Waals surface area contributed by atoms with Gasteiger partial charge < -0.3 is 20.5 Å². The second kappa shape index (κ2) is 7.14. The van der Waals surface area contributed by atoms with Crippen molar-refractivity contribution >= 4 is 23.1 Å². The molecule has 7 heteroatoms. The molecule has 2 aliphatic heterocycles. The molecule has 19 heavy (non-hydrogen) atoms. The summed E-state index contributed by atoms with van der Waals surface area (Å²) in [5, 5.41) is 3.03. The number of rotatable bonds is 4. The molecule has 0 spiro atoms. The molecule has 0 aromatic rings. The minimum atomic E-state index is -0.455. The zero-order valence-corrected chi connectivity index (χ0v) is 11.8. The number of thiocarbonyl (C=S) groups is 1. The number of nitrogens with two attached hydrogens (primary N) is 1. The Bertz CT molecular complexity index is 326. The molecule has 1 amide bonds. The molecule has 2 fully saturated rings. The van der Waals surface area contributed by atoms with Crippen LogP contribution in [0, 0.1) is 0 Å². The highest BCUT2D eigenvalue weighted by molar-refractivity contribution is 7.80. The van der Waals surface area contributed by atoms with Gasteiger partial charge in [-0.1, -0.05) is 12.2 Å². The van der Waals surface area contributed by atoms with Crippen LogP contribution in [0.25, 0.3) is 0 Å². The lowest BCUT2D eigenvalue weighted by Crippen LogP contribution is -2.50. The van der Waals surface area contributed by atoms with E-state index in [-0.39, 0.29) is 11.9 Å². The number of carbonyl (C=O) groups is 1. The highest BCUT2D eigenvalue weighted by Crippen LogP contribution is 2.11. The van der Waals surface area contributed by atoms with Gasteiger partial charge in [0.25, 0.3) is 5.91 Å². The number of hydrogen-bond donors (Lipinski definition) is 2. The lowest BCUT2D eigenvalue weighted by atomic mass is 10.0. The van der Waals surface area contributed by atoms with Crippen molar-refractivity contribution in [3.63, 3.8) is 0 Å². The second-order valence-corrected chi connectivity index (χ2v) is 5.48. The van der Waals surface area contributed by atoms with E-state index >= 15 is 0 Å². The second-order valence-electron chi connectivity index (χ2n) is 4.96. The Morgan fingerprint density at radius 2 is 2.11 bits per heavy atom. The van der Waals surface area contributed by atoms with Crippen molar-refractivity contribution in [2.45, 2.75) is 25.0 Å². The van der Waals surface area contributed by atoms with E-state index in [2.05, 4.69) is 10.2 Å². The van der Waals surface area contributed by atoms with Gasteiger partial charge in [-0.15, -0.1) is 0 Å². The molecular weight excluding hydrogens is 266 g/mol. The highest BCUT2D eigenvalue weighted by Gasteiger charge is 2.26. The van der Waals surface area contributed by atoms with E-state index in [1.165, 1.54) is 0 Å². The van der Waals surface area contributed by atoms with Gasteiger partial charge in [-0.3, -0.25) is 9.69 Å². The van der Waals surface area contributed by atoms with Gasteiger partial charge in [0.2, 0.25) is 0 Å². The first kappa shape index (κ1) is 14.6. The van der Waals surface area contributed by atoms with Crippen molar-refractivity contribution in [3.05, 3.63) is 0 Å². The topological polar surface area (TPSA) is 76.8 Å². The summed E-state index contributed by atoms with van der Waals surface area (Å²) in [5.74, 6) is -0.0625. The van der Waals surface area contributed by atoms with Crippen molar-refractivity contribution in [2.24, 2.45) is 5.73 Å². The number of hydrogen-bond acceptors (Lipinski definition) is 5. The van der Waals surface area contributed by atoms with E-state index < -0.39 is 6.10 Å². The molecule has 0 saturated carbocycles. The normalized spacial score (nSPS) is 26.0. The molecule has 0 radical (unpaired) electrons. The molecule has 6 nitrogen and oxygen atoms in total. The van der Waals surface area contributed by atoms with Crippen molar-refractivity contribution < 1.29 is 14.3 Å². The number of nitrogens with one attached hydrogen (secondary N) is 1. The van der Waals surface area contributed by atoms with Crippen LogP contribution in [0.15, 0.2) is 0 Å². The van der Waals surface area contributed by atoms with Crippen LogP contribution in [-0.2, 0) is 14.3 Å². The zero-order valence-electron chi connectivity index (χ0n) is 11.0. The summed E-state index contributed by atoms with van der Waals surface area (Å²) in [5.41, 5.74) is 5.53. The van der Waals surface area contributed by atoms with Crippen LogP contribution in [0.5, 0.6) is 0 Å². The number of ether oxygens (including phenoxy) is 2. The van der Waals surface area contributed by atoms with Gasteiger partial charge in [-0.25, -0.2) is 0 Å². The molecule has 0 bridgehead atoms. The third-order valence-corrected chi connectivity index (χ3v) is 3.55. The van der Waals surface area contributed by atoms with Crippen LogP contribution in [0.3, 0.4) is 0 Å². The van der Waals surface area contributed by atoms with E-state index in [9.17, 15) is 4.79 Å². The van der Waals surface area contributed by atoms with Crippen molar-refractivity contribution in [3.8, 4) is 0 Å². The largest absolute Gasteiger partial charge is 0.392 e. The molecular formula is C12H21N3O3S. The van der Waals surface area contributed by atoms with Crippen LogP contribution >= 0.6 is 12.2 Å². The van der Waals surface area contributed by atoms with Crippen LogP contribution < -0.4 is 11.1 Å². The molecule has 108 valence electrons. The lowest BCUT2D eigenvalue weighted by molar-refractivity contribution is -0.148. The van der Waals surface area contributed by atoms with E-state index in [0.29, 0.717) is 31.4 Å². The Balaban J connectivity index is 1.69. The number of nitrogens with zero attached hydrogens (tertiary/aromatic N) is 1. The third kappa shape index (κ3) is 4.68. The molecule has 0 aromatic carbocycles. The molecule has 0 aliphatic carbocycles. The molecule has 0 aromatic heterocycles. The van der Waals surface area contributed by atoms with Gasteiger partial charge in [0.05, 0.1) is 24.8 Å². The Morgan fingerprint density at radius 3 is 2.68 bits per heavy atom. The maximum atomic E-state index is 12.0. The van der Waals surface area contributed by atoms with E-state index in [1.54, 1.807) is 0 Å². The smallest absolute Gasteiger partial charge is 0.251 e. The predicted octanol–water partition coefficient (Wildman–Crippen LogP) is -0.731. The molecule has 2 rings (SSSR count). The average Bonchev–Trinajstić information content (AvgIpc) is 2.41. The van der Waals surface area contributed by atoms with Crippen molar-refractivity contribution in [1.29, 1.82) is 0 Å². The first-order valence-corrected chi connectivity index (χ1v) is 7.06. The zero-order chi connectivity index (χ0) is 13.7. The Labute approximate surface area is 118 Å². The number of amides is 1. The molecule has 3 N–H and O–H groups in total. The standard InChI is InChI=1S/C12H21N3O3S/c13-11(19)7-15-3-1-9(2-4-15)14-12(16)10-8-17-5-6-18-10/h9-10H,1-8H2,(H2,13,19)(H,14,16). The quantitative estimate of drug-likeness (QED) is 0.664. The Hall–Kier alpha value is -0.760. The summed E-state index contributed by atoms with van der Waals surface area (Å²) in [4.78, 5) is 14.7.